The highest BCUT2D eigenvalue weighted by atomic mass is 16.5. The SMILES string of the molecule is COc1ccc2c(C)c(CC(=O)NCC(O)c3ccccc3)c(=O)oc2c1OC. The number of benzene rings is 2. The number of ether oxygens (including phenoxy) is 2. The van der Waals surface area contributed by atoms with Crippen LogP contribution in [0.3, 0.4) is 0 Å². The molecule has 7 nitrogen and oxygen atoms in total. The Morgan fingerprint density at radius 3 is 2.52 bits per heavy atom. The van der Waals surface area contributed by atoms with Crippen LogP contribution >= 0.6 is 0 Å². The van der Waals surface area contributed by atoms with Crippen molar-refractivity contribution in [1.82, 2.24) is 5.32 Å². The van der Waals surface area contributed by atoms with E-state index >= 15 is 0 Å². The van der Waals surface area contributed by atoms with Gasteiger partial charge in [-0.15, -0.1) is 0 Å². The van der Waals surface area contributed by atoms with Gasteiger partial charge in [0, 0.05) is 11.9 Å². The van der Waals surface area contributed by atoms with Crippen LogP contribution in [0, 0.1) is 6.92 Å². The molecule has 0 aliphatic rings. The minimum atomic E-state index is -0.828. The van der Waals surface area contributed by atoms with E-state index in [1.54, 1.807) is 31.2 Å². The van der Waals surface area contributed by atoms with E-state index in [2.05, 4.69) is 5.32 Å². The molecule has 152 valence electrons. The fourth-order valence-electron chi connectivity index (χ4n) is 3.20. The van der Waals surface area contributed by atoms with Gasteiger partial charge in [-0.1, -0.05) is 30.3 Å². The lowest BCUT2D eigenvalue weighted by molar-refractivity contribution is -0.120. The molecule has 0 radical (unpaired) electrons. The summed E-state index contributed by atoms with van der Waals surface area (Å²) in [5.74, 6) is 0.394. The number of hydrogen-bond acceptors (Lipinski definition) is 6. The Hall–Kier alpha value is -3.32. The maximum Gasteiger partial charge on any atom is 0.340 e. The molecule has 2 N–H and O–H groups in total. The maximum absolute atomic E-state index is 12.5. The van der Waals surface area contributed by atoms with Crippen molar-refractivity contribution in [2.24, 2.45) is 0 Å². The van der Waals surface area contributed by atoms with Crippen LogP contribution in [-0.2, 0) is 11.2 Å². The van der Waals surface area contributed by atoms with Crippen LogP contribution < -0.4 is 20.4 Å². The van der Waals surface area contributed by atoms with Gasteiger partial charge in [0.25, 0.3) is 0 Å². The van der Waals surface area contributed by atoms with E-state index in [9.17, 15) is 14.7 Å². The summed E-state index contributed by atoms with van der Waals surface area (Å²) >= 11 is 0. The third kappa shape index (κ3) is 4.25. The third-order valence-corrected chi connectivity index (χ3v) is 4.81. The molecule has 1 heterocycles. The smallest absolute Gasteiger partial charge is 0.340 e. The van der Waals surface area contributed by atoms with Gasteiger partial charge in [-0.3, -0.25) is 4.79 Å². The number of methoxy groups -OCH3 is 2. The fraction of sp³-hybridized carbons (Fsp3) is 0.273. The Morgan fingerprint density at radius 1 is 1.14 bits per heavy atom. The molecule has 1 aromatic heterocycles. The number of rotatable bonds is 7. The Kier molecular flexibility index (Phi) is 6.19. The first-order chi connectivity index (χ1) is 14.0. The van der Waals surface area contributed by atoms with Crippen LogP contribution in [0.15, 0.2) is 51.7 Å². The van der Waals surface area contributed by atoms with Crippen LogP contribution in [-0.4, -0.2) is 31.8 Å². The van der Waals surface area contributed by atoms with Crippen molar-refractivity contribution in [3.05, 3.63) is 69.6 Å². The number of fused-ring (bicyclic) bond motifs is 1. The van der Waals surface area contributed by atoms with Crippen molar-refractivity contribution in [3.8, 4) is 11.5 Å². The molecule has 0 aliphatic carbocycles. The summed E-state index contributed by atoms with van der Waals surface area (Å²) in [5, 5.41) is 13.5. The number of hydrogen-bond donors (Lipinski definition) is 2. The second-order valence-corrected chi connectivity index (χ2v) is 6.58. The molecule has 1 unspecified atom stereocenters. The lowest BCUT2D eigenvalue weighted by Crippen LogP contribution is -2.31. The van der Waals surface area contributed by atoms with Crippen LogP contribution in [0.1, 0.15) is 22.8 Å². The Balaban J connectivity index is 1.81. The molecule has 29 heavy (non-hydrogen) atoms. The first kappa shape index (κ1) is 20.4. The molecule has 1 amide bonds. The van der Waals surface area contributed by atoms with Crippen LogP contribution in [0.25, 0.3) is 11.0 Å². The van der Waals surface area contributed by atoms with E-state index in [4.69, 9.17) is 13.9 Å². The second kappa shape index (κ2) is 8.79. The van der Waals surface area contributed by atoms with Gasteiger partial charge < -0.3 is 24.3 Å². The fourth-order valence-corrected chi connectivity index (χ4v) is 3.20. The van der Waals surface area contributed by atoms with Gasteiger partial charge in [0.15, 0.2) is 11.3 Å². The van der Waals surface area contributed by atoms with E-state index in [0.717, 1.165) is 0 Å². The van der Waals surface area contributed by atoms with Gasteiger partial charge in [0.05, 0.1) is 32.3 Å². The Bertz CT molecular complexity index is 1070. The summed E-state index contributed by atoms with van der Waals surface area (Å²) in [4.78, 5) is 24.9. The normalized spacial score (nSPS) is 11.9. The Labute approximate surface area is 167 Å². The van der Waals surface area contributed by atoms with E-state index < -0.39 is 11.7 Å². The van der Waals surface area contributed by atoms with Gasteiger partial charge in [-0.05, 0) is 30.2 Å². The van der Waals surface area contributed by atoms with Crippen molar-refractivity contribution in [3.63, 3.8) is 0 Å². The van der Waals surface area contributed by atoms with E-state index in [0.29, 0.717) is 28.0 Å². The molecule has 0 spiro atoms. The van der Waals surface area contributed by atoms with Crippen molar-refractivity contribution < 1.29 is 23.8 Å². The van der Waals surface area contributed by atoms with E-state index in [1.165, 1.54) is 14.2 Å². The molecule has 0 saturated carbocycles. The number of amides is 1. The first-order valence-electron chi connectivity index (χ1n) is 9.13. The van der Waals surface area contributed by atoms with Gasteiger partial charge in [-0.25, -0.2) is 4.79 Å². The third-order valence-electron chi connectivity index (χ3n) is 4.81. The molecule has 0 saturated heterocycles. The average Bonchev–Trinajstić information content (AvgIpc) is 2.74. The van der Waals surface area contributed by atoms with E-state index in [1.807, 2.05) is 18.2 Å². The molecule has 2 aromatic carbocycles. The van der Waals surface area contributed by atoms with E-state index in [-0.39, 0.29) is 30.0 Å². The highest BCUT2D eigenvalue weighted by molar-refractivity contribution is 5.89. The summed E-state index contributed by atoms with van der Waals surface area (Å²) in [6.07, 6.45) is -0.981. The molecular weight excluding hydrogens is 374 g/mol. The minimum Gasteiger partial charge on any atom is -0.493 e. The zero-order valence-electron chi connectivity index (χ0n) is 16.5. The lowest BCUT2D eigenvalue weighted by Gasteiger charge is -2.14. The maximum atomic E-state index is 12.5. The van der Waals surface area contributed by atoms with Gasteiger partial charge in [0.1, 0.15) is 0 Å². The standard InChI is InChI=1S/C22H23NO6/c1-13-15-9-10-18(27-2)21(28-3)20(15)29-22(26)16(13)11-19(25)23-12-17(24)14-7-5-4-6-8-14/h4-10,17,24H,11-12H2,1-3H3,(H,23,25). The summed E-state index contributed by atoms with van der Waals surface area (Å²) in [5.41, 5.74) is 1.26. The predicted octanol–water partition coefficient (Wildman–Crippen LogP) is 2.51. The van der Waals surface area contributed by atoms with Gasteiger partial charge >= 0.3 is 5.63 Å². The zero-order valence-corrected chi connectivity index (χ0v) is 16.5. The summed E-state index contributed by atoms with van der Waals surface area (Å²) < 4.78 is 16.0. The molecule has 3 aromatic rings. The monoisotopic (exact) mass is 397 g/mol. The second-order valence-electron chi connectivity index (χ2n) is 6.58. The van der Waals surface area contributed by atoms with Crippen molar-refractivity contribution in [2.75, 3.05) is 20.8 Å². The summed E-state index contributed by atoms with van der Waals surface area (Å²) in [6.45, 7) is 1.80. The molecule has 3 rings (SSSR count). The van der Waals surface area contributed by atoms with Crippen molar-refractivity contribution >= 4 is 16.9 Å². The van der Waals surface area contributed by atoms with Gasteiger partial charge in [-0.2, -0.15) is 0 Å². The molecule has 0 fully saturated rings. The zero-order chi connectivity index (χ0) is 21.0. The van der Waals surface area contributed by atoms with Crippen LogP contribution in [0.2, 0.25) is 0 Å². The van der Waals surface area contributed by atoms with Crippen LogP contribution in [0.4, 0.5) is 0 Å². The Morgan fingerprint density at radius 2 is 1.86 bits per heavy atom. The molecule has 7 heteroatoms. The topological polar surface area (TPSA) is 98.0 Å². The number of aryl methyl sites for hydroxylation is 1. The van der Waals surface area contributed by atoms with Crippen molar-refractivity contribution in [1.29, 1.82) is 0 Å². The highest BCUT2D eigenvalue weighted by Crippen LogP contribution is 2.36. The summed E-state index contributed by atoms with van der Waals surface area (Å²) in [6, 6.07) is 12.5. The minimum absolute atomic E-state index is 0.0475. The average molecular weight is 397 g/mol. The lowest BCUT2D eigenvalue weighted by atomic mass is 10.0. The number of aliphatic hydroxyl groups is 1. The molecule has 0 bridgehead atoms. The quantitative estimate of drug-likeness (QED) is 0.595. The number of carbonyl (C=O) groups is 1. The van der Waals surface area contributed by atoms with Crippen LogP contribution in [0.5, 0.6) is 11.5 Å². The number of nitrogens with one attached hydrogen (secondary N) is 1. The largest absolute Gasteiger partial charge is 0.493 e. The molecular formula is C22H23NO6. The van der Waals surface area contributed by atoms with Gasteiger partial charge in [0.2, 0.25) is 11.7 Å². The number of aliphatic hydroxyl groups excluding tert-OH is 1. The highest BCUT2D eigenvalue weighted by Gasteiger charge is 2.19. The molecule has 1 atom stereocenters. The first-order valence-corrected chi connectivity index (χ1v) is 9.13. The predicted molar refractivity (Wildman–Crippen MR) is 108 cm³/mol. The summed E-state index contributed by atoms with van der Waals surface area (Å²) in [7, 11) is 2.96. The molecule has 0 aliphatic heterocycles. The number of carbonyl (C=O) groups excluding carboxylic acids is 1. The van der Waals surface area contributed by atoms with Crippen molar-refractivity contribution in [2.45, 2.75) is 19.4 Å².